The van der Waals surface area contributed by atoms with E-state index in [-0.39, 0.29) is 17.2 Å². The first-order valence-electron chi connectivity index (χ1n) is 8.67. The van der Waals surface area contributed by atoms with Crippen LogP contribution in [0.25, 0.3) is 17.4 Å². The molecule has 3 aromatic rings. The van der Waals surface area contributed by atoms with Crippen molar-refractivity contribution >= 4 is 41.0 Å². The SMILES string of the molecule is COc1ccc(Cl)cc1NC1NC(=O)/C(=C/c2ccc(-c3ccc(F)cc3)o2)S1. The number of thioether (sulfide) groups is 1. The normalized spacial score (nSPS) is 17.4. The second-order valence-electron chi connectivity index (χ2n) is 6.18. The van der Waals surface area contributed by atoms with E-state index in [0.29, 0.717) is 32.9 Å². The molecular weight excluding hydrogens is 415 g/mol. The van der Waals surface area contributed by atoms with Gasteiger partial charge >= 0.3 is 0 Å². The van der Waals surface area contributed by atoms with Crippen LogP contribution in [0.2, 0.25) is 5.02 Å². The Morgan fingerprint density at radius 2 is 2.00 bits per heavy atom. The second kappa shape index (κ2) is 8.23. The number of nitrogens with one attached hydrogen (secondary N) is 2. The average Bonchev–Trinajstić information content (AvgIpc) is 3.30. The van der Waals surface area contributed by atoms with Crippen molar-refractivity contribution in [3.8, 4) is 17.1 Å². The minimum absolute atomic E-state index is 0.215. The maximum absolute atomic E-state index is 13.1. The molecule has 1 atom stereocenters. The van der Waals surface area contributed by atoms with E-state index in [0.717, 1.165) is 5.56 Å². The minimum atomic E-state index is -0.382. The van der Waals surface area contributed by atoms with E-state index in [4.69, 9.17) is 20.8 Å². The first-order valence-corrected chi connectivity index (χ1v) is 9.92. The molecule has 2 aromatic carbocycles. The van der Waals surface area contributed by atoms with E-state index in [9.17, 15) is 9.18 Å². The maximum Gasteiger partial charge on any atom is 0.260 e. The smallest absolute Gasteiger partial charge is 0.260 e. The van der Waals surface area contributed by atoms with Crippen molar-refractivity contribution in [1.82, 2.24) is 5.32 Å². The summed E-state index contributed by atoms with van der Waals surface area (Å²) in [6, 6.07) is 14.8. The van der Waals surface area contributed by atoms with E-state index >= 15 is 0 Å². The molecule has 0 bridgehead atoms. The summed E-state index contributed by atoms with van der Waals surface area (Å²) in [5, 5.41) is 6.61. The lowest BCUT2D eigenvalue weighted by atomic mass is 10.2. The number of carbonyl (C=O) groups is 1. The molecule has 1 saturated heterocycles. The summed E-state index contributed by atoms with van der Waals surface area (Å²) in [6.07, 6.45) is 1.67. The molecule has 0 aliphatic carbocycles. The highest BCUT2D eigenvalue weighted by Crippen LogP contribution is 2.34. The van der Waals surface area contributed by atoms with Gasteiger partial charge in [0.2, 0.25) is 0 Å². The lowest BCUT2D eigenvalue weighted by Crippen LogP contribution is -2.31. The van der Waals surface area contributed by atoms with E-state index in [1.807, 2.05) is 0 Å². The van der Waals surface area contributed by atoms with Gasteiger partial charge in [0.25, 0.3) is 5.91 Å². The molecule has 0 spiro atoms. The summed E-state index contributed by atoms with van der Waals surface area (Å²) in [7, 11) is 1.57. The molecule has 1 aromatic heterocycles. The van der Waals surface area contributed by atoms with Crippen molar-refractivity contribution in [3.63, 3.8) is 0 Å². The quantitative estimate of drug-likeness (QED) is 0.534. The van der Waals surface area contributed by atoms with Gasteiger partial charge in [-0.1, -0.05) is 23.4 Å². The molecule has 0 radical (unpaired) electrons. The van der Waals surface area contributed by atoms with Crippen molar-refractivity contribution in [3.05, 3.63) is 76.1 Å². The van der Waals surface area contributed by atoms with E-state index in [2.05, 4.69) is 10.6 Å². The summed E-state index contributed by atoms with van der Waals surface area (Å²) in [4.78, 5) is 12.8. The van der Waals surface area contributed by atoms with Crippen LogP contribution < -0.4 is 15.4 Å². The molecule has 1 fully saturated rings. The summed E-state index contributed by atoms with van der Waals surface area (Å²) in [5.41, 5.74) is 1.05. The third-order valence-corrected chi connectivity index (χ3v) is 5.47. The topological polar surface area (TPSA) is 63.5 Å². The van der Waals surface area contributed by atoms with Crippen LogP contribution in [0, 0.1) is 5.82 Å². The fraction of sp³-hybridized carbons (Fsp3) is 0.0952. The zero-order valence-corrected chi connectivity index (χ0v) is 16.8. The number of hydrogen-bond acceptors (Lipinski definition) is 5. The number of carbonyl (C=O) groups excluding carboxylic acids is 1. The summed E-state index contributed by atoms with van der Waals surface area (Å²) < 4.78 is 24.2. The highest BCUT2D eigenvalue weighted by Gasteiger charge is 2.28. The van der Waals surface area contributed by atoms with Gasteiger partial charge in [0.1, 0.15) is 23.1 Å². The summed E-state index contributed by atoms with van der Waals surface area (Å²) >= 11 is 7.37. The van der Waals surface area contributed by atoms with Crippen molar-refractivity contribution in [2.45, 2.75) is 5.50 Å². The molecule has 29 heavy (non-hydrogen) atoms. The maximum atomic E-state index is 13.1. The van der Waals surface area contributed by atoms with Gasteiger partial charge in [-0.25, -0.2) is 4.39 Å². The van der Waals surface area contributed by atoms with E-state index in [1.54, 1.807) is 55.7 Å². The van der Waals surface area contributed by atoms with Gasteiger partial charge in [0.05, 0.1) is 17.7 Å². The van der Waals surface area contributed by atoms with Crippen molar-refractivity contribution in [2.75, 3.05) is 12.4 Å². The Hall–Kier alpha value is -2.90. The lowest BCUT2D eigenvalue weighted by molar-refractivity contribution is -0.116. The Morgan fingerprint density at radius 3 is 2.76 bits per heavy atom. The highest BCUT2D eigenvalue weighted by molar-refractivity contribution is 8.05. The molecule has 2 N–H and O–H groups in total. The van der Waals surface area contributed by atoms with Gasteiger partial charge in [0, 0.05) is 16.7 Å². The van der Waals surface area contributed by atoms with Crippen molar-refractivity contribution in [1.29, 1.82) is 0 Å². The predicted octanol–water partition coefficient (Wildman–Crippen LogP) is 5.35. The zero-order valence-electron chi connectivity index (χ0n) is 15.2. The van der Waals surface area contributed by atoms with Gasteiger partial charge < -0.3 is 19.8 Å². The number of amides is 1. The molecule has 8 heteroatoms. The van der Waals surface area contributed by atoms with Gasteiger partial charge in [-0.2, -0.15) is 0 Å². The van der Waals surface area contributed by atoms with Crippen LogP contribution in [-0.2, 0) is 4.79 Å². The molecule has 1 amide bonds. The van der Waals surface area contributed by atoms with Crippen LogP contribution in [0.4, 0.5) is 10.1 Å². The minimum Gasteiger partial charge on any atom is -0.495 e. The third kappa shape index (κ3) is 4.41. The first kappa shape index (κ1) is 19.4. The number of anilines is 1. The molecule has 1 unspecified atom stereocenters. The Bertz CT molecular complexity index is 1080. The largest absolute Gasteiger partial charge is 0.495 e. The molecule has 148 valence electrons. The molecule has 4 rings (SSSR count). The number of furan rings is 1. The van der Waals surface area contributed by atoms with E-state index in [1.165, 1.54) is 23.9 Å². The Labute approximate surface area is 175 Å². The number of methoxy groups -OCH3 is 1. The number of halogens is 2. The first-order chi connectivity index (χ1) is 14.0. The predicted molar refractivity (Wildman–Crippen MR) is 113 cm³/mol. The van der Waals surface area contributed by atoms with Crippen LogP contribution in [0.3, 0.4) is 0 Å². The average molecular weight is 431 g/mol. The Morgan fingerprint density at radius 1 is 1.21 bits per heavy atom. The molecule has 2 heterocycles. The molecule has 1 aliphatic rings. The standard InChI is InChI=1S/C21H16ClFN2O3S/c1-27-18-8-4-13(22)10-16(18)24-21-25-20(26)19(29-21)11-15-7-9-17(28-15)12-2-5-14(23)6-3-12/h2-11,21,24H,1H3,(H,25,26)/b19-11-. The third-order valence-electron chi connectivity index (χ3n) is 4.21. The fourth-order valence-corrected chi connectivity index (χ4v) is 3.96. The molecule has 0 saturated carbocycles. The van der Waals surface area contributed by atoms with Gasteiger partial charge in [0.15, 0.2) is 5.50 Å². The van der Waals surface area contributed by atoms with Crippen LogP contribution in [-0.4, -0.2) is 18.5 Å². The van der Waals surface area contributed by atoms with E-state index < -0.39 is 0 Å². The van der Waals surface area contributed by atoms with Gasteiger partial charge in [-0.3, -0.25) is 4.79 Å². The van der Waals surface area contributed by atoms with Crippen LogP contribution in [0.5, 0.6) is 5.75 Å². The van der Waals surface area contributed by atoms with Gasteiger partial charge in [-0.05, 0) is 54.6 Å². The lowest BCUT2D eigenvalue weighted by Gasteiger charge is -2.15. The Balaban J connectivity index is 1.49. The number of hydrogen-bond donors (Lipinski definition) is 2. The van der Waals surface area contributed by atoms with Crippen molar-refractivity contribution in [2.24, 2.45) is 0 Å². The molecule has 1 aliphatic heterocycles. The number of benzene rings is 2. The number of rotatable bonds is 5. The van der Waals surface area contributed by atoms with Crippen LogP contribution >= 0.6 is 23.4 Å². The Kier molecular flexibility index (Phi) is 5.51. The molecule has 5 nitrogen and oxygen atoms in total. The summed E-state index contributed by atoms with van der Waals surface area (Å²) in [6.45, 7) is 0. The second-order valence-corrected chi connectivity index (χ2v) is 7.76. The highest BCUT2D eigenvalue weighted by atomic mass is 35.5. The van der Waals surface area contributed by atoms with Crippen LogP contribution in [0.15, 0.2) is 63.9 Å². The summed E-state index contributed by atoms with van der Waals surface area (Å²) in [5.74, 6) is 1.22. The molecular formula is C21H16ClFN2O3S. The van der Waals surface area contributed by atoms with Crippen molar-refractivity contribution < 1.29 is 18.3 Å². The monoisotopic (exact) mass is 430 g/mol. The number of ether oxygens (including phenoxy) is 1. The fourth-order valence-electron chi connectivity index (χ4n) is 2.83. The van der Waals surface area contributed by atoms with Gasteiger partial charge in [-0.15, -0.1) is 0 Å². The zero-order chi connectivity index (χ0) is 20.4. The van der Waals surface area contributed by atoms with Crippen LogP contribution in [0.1, 0.15) is 5.76 Å².